The Balaban J connectivity index is 1.90. The molecule has 0 spiro atoms. The minimum absolute atomic E-state index is 0.0440. The van der Waals surface area contributed by atoms with Crippen molar-refractivity contribution in [1.29, 1.82) is 0 Å². The van der Waals surface area contributed by atoms with Crippen molar-refractivity contribution >= 4 is 16.8 Å². The first-order valence-electron chi connectivity index (χ1n) is 10.6. The standard InChI is InChI=1S/C24H29N3O3/c1-3-4-15-25-22(28)14-9-16-26-23(29)20-12-7-8-13-21(20)27(24(26)30)17-19-11-6-5-10-18(19)2/h5-8,10-13H,3-4,9,14-17H2,1-2H3,(H,25,28). The van der Waals surface area contributed by atoms with Crippen LogP contribution in [0.15, 0.2) is 58.1 Å². The lowest BCUT2D eigenvalue weighted by Gasteiger charge is -2.15. The highest BCUT2D eigenvalue weighted by molar-refractivity contribution is 5.78. The molecular weight excluding hydrogens is 378 g/mol. The second kappa shape index (κ2) is 10.1. The monoisotopic (exact) mass is 407 g/mol. The lowest BCUT2D eigenvalue weighted by atomic mass is 10.1. The van der Waals surface area contributed by atoms with Crippen molar-refractivity contribution in [2.45, 2.75) is 52.6 Å². The average molecular weight is 408 g/mol. The number of fused-ring (bicyclic) bond motifs is 1. The maximum atomic E-state index is 13.2. The summed E-state index contributed by atoms with van der Waals surface area (Å²) >= 11 is 0. The summed E-state index contributed by atoms with van der Waals surface area (Å²) in [6.45, 7) is 5.35. The van der Waals surface area contributed by atoms with E-state index in [9.17, 15) is 14.4 Å². The fourth-order valence-corrected chi connectivity index (χ4v) is 3.57. The molecule has 0 aliphatic carbocycles. The Morgan fingerprint density at radius 2 is 1.70 bits per heavy atom. The van der Waals surface area contributed by atoms with Crippen molar-refractivity contribution < 1.29 is 4.79 Å². The van der Waals surface area contributed by atoms with E-state index in [-0.39, 0.29) is 23.7 Å². The zero-order valence-corrected chi connectivity index (χ0v) is 17.7. The van der Waals surface area contributed by atoms with Crippen LogP contribution in [-0.2, 0) is 17.9 Å². The van der Waals surface area contributed by atoms with Gasteiger partial charge in [0.1, 0.15) is 0 Å². The minimum atomic E-state index is -0.339. The highest BCUT2D eigenvalue weighted by Crippen LogP contribution is 2.13. The van der Waals surface area contributed by atoms with Gasteiger partial charge in [-0.25, -0.2) is 4.79 Å². The number of unbranched alkanes of at least 4 members (excludes halogenated alkanes) is 1. The number of aromatic nitrogens is 2. The zero-order valence-electron chi connectivity index (χ0n) is 17.7. The maximum absolute atomic E-state index is 13.2. The molecule has 1 amide bonds. The van der Waals surface area contributed by atoms with E-state index in [4.69, 9.17) is 0 Å². The van der Waals surface area contributed by atoms with Crippen LogP contribution in [0, 0.1) is 6.92 Å². The van der Waals surface area contributed by atoms with E-state index < -0.39 is 0 Å². The number of hydrogen-bond donors (Lipinski definition) is 1. The molecule has 1 N–H and O–H groups in total. The van der Waals surface area contributed by atoms with E-state index in [2.05, 4.69) is 12.2 Å². The number of carbonyl (C=O) groups is 1. The van der Waals surface area contributed by atoms with Gasteiger partial charge in [0.15, 0.2) is 0 Å². The SMILES string of the molecule is CCCCNC(=O)CCCn1c(=O)c2ccccc2n(Cc2ccccc2C)c1=O. The van der Waals surface area contributed by atoms with Crippen LogP contribution in [0.1, 0.15) is 43.7 Å². The molecule has 0 fully saturated rings. The number of carbonyl (C=O) groups excluding carboxylic acids is 1. The number of aryl methyl sites for hydroxylation is 1. The van der Waals surface area contributed by atoms with E-state index in [1.807, 2.05) is 43.3 Å². The van der Waals surface area contributed by atoms with Gasteiger partial charge in [0, 0.05) is 19.5 Å². The van der Waals surface area contributed by atoms with Gasteiger partial charge >= 0.3 is 5.69 Å². The normalized spacial score (nSPS) is 11.0. The Morgan fingerprint density at radius 1 is 0.967 bits per heavy atom. The number of para-hydroxylation sites is 1. The number of nitrogens with one attached hydrogen (secondary N) is 1. The number of nitrogens with zero attached hydrogens (tertiary/aromatic N) is 2. The van der Waals surface area contributed by atoms with E-state index in [1.54, 1.807) is 16.7 Å². The summed E-state index contributed by atoms with van der Waals surface area (Å²) in [5.41, 5.74) is 2.11. The van der Waals surface area contributed by atoms with Crippen LogP contribution in [0.4, 0.5) is 0 Å². The third-order valence-electron chi connectivity index (χ3n) is 5.36. The van der Waals surface area contributed by atoms with Gasteiger partial charge < -0.3 is 5.32 Å². The molecule has 1 heterocycles. The fourth-order valence-electron chi connectivity index (χ4n) is 3.57. The van der Waals surface area contributed by atoms with Crippen LogP contribution < -0.4 is 16.6 Å². The number of rotatable bonds is 9. The molecule has 0 aliphatic heterocycles. The summed E-state index contributed by atoms with van der Waals surface area (Å²) in [5.74, 6) is -0.0440. The van der Waals surface area contributed by atoms with E-state index in [0.29, 0.717) is 36.8 Å². The molecule has 1 aromatic heterocycles. The Labute approximate surface area is 176 Å². The van der Waals surface area contributed by atoms with Gasteiger partial charge in [-0.05, 0) is 43.0 Å². The Kier molecular flexibility index (Phi) is 7.22. The molecule has 0 radical (unpaired) electrons. The van der Waals surface area contributed by atoms with E-state index in [1.165, 1.54) is 4.57 Å². The van der Waals surface area contributed by atoms with Crippen LogP contribution >= 0.6 is 0 Å². The molecule has 0 unspecified atom stereocenters. The van der Waals surface area contributed by atoms with Gasteiger partial charge in [0.2, 0.25) is 5.91 Å². The third kappa shape index (κ3) is 4.87. The van der Waals surface area contributed by atoms with Crippen LogP contribution in [-0.4, -0.2) is 21.6 Å². The quantitative estimate of drug-likeness (QED) is 0.554. The van der Waals surface area contributed by atoms with Crippen molar-refractivity contribution in [1.82, 2.24) is 14.5 Å². The second-order valence-electron chi connectivity index (χ2n) is 7.58. The molecule has 2 aromatic carbocycles. The van der Waals surface area contributed by atoms with Crippen molar-refractivity contribution in [3.8, 4) is 0 Å². The molecule has 0 atom stereocenters. The molecular formula is C24H29N3O3. The highest BCUT2D eigenvalue weighted by atomic mass is 16.2. The molecule has 0 saturated carbocycles. The molecule has 30 heavy (non-hydrogen) atoms. The minimum Gasteiger partial charge on any atom is -0.356 e. The van der Waals surface area contributed by atoms with Gasteiger partial charge in [0.25, 0.3) is 5.56 Å². The van der Waals surface area contributed by atoms with Gasteiger partial charge in [-0.1, -0.05) is 49.7 Å². The Morgan fingerprint density at radius 3 is 2.47 bits per heavy atom. The average Bonchev–Trinajstić information content (AvgIpc) is 2.75. The summed E-state index contributed by atoms with van der Waals surface area (Å²) in [7, 11) is 0. The first-order chi connectivity index (χ1) is 14.5. The lowest BCUT2D eigenvalue weighted by molar-refractivity contribution is -0.121. The molecule has 3 rings (SSSR count). The second-order valence-corrected chi connectivity index (χ2v) is 7.58. The topological polar surface area (TPSA) is 73.1 Å². The van der Waals surface area contributed by atoms with Crippen LogP contribution in [0.3, 0.4) is 0 Å². The van der Waals surface area contributed by atoms with Crippen LogP contribution in [0.5, 0.6) is 0 Å². The van der Waals surface area contributed by atoms with Crippen LogP contribution in [0.2, 0.25) is 0 Å². The summed E-state index contributed by atoms with van der Waals surface area (Å²) < 4.78 is 2.92. The maximum Gasteiger partial charge on any atom is 0.331 e. The van der Waals surface area contributed by atoms with Crippen molar-refractivity contribution in [2.24, 2.45) is 0 Å². The number of amides is 1. The molecule has 6 heteroatoms. The zero-order chi connectivity index (χ0) is 21.5. The number of benzene rings is 2. The fraction of sp³-hybridized carbons (Fsp3) is 0.375. The van der Waals surface area contributed by atoms with E-state index in [0.717, 1.165) is 24.0 Å². The van der Waals surface area contributed by atoms with Gasteiger partial charge in [-0.2, -0.15) is 0 Å². The predicted octanol–water partition coefficient (Wildman–Crippen LogP) is 3.22. The molecule has 0 aliphatic rings. The lowest BCUT2D eigenvalue weighted by Crippen LogP contribution is -2.40. The van der Waals surface area contributed by atoms with Gasteiger partial charge in [0.05, 0.1) is 17.4 Å². The first-order valence-corrected chi connectivity index (χ1v) is 10.6. The Bertz CT molecular complexity index is 1140. The molecule has 158 valence electrons. The van der Waals surface area contributed by atoms with Crippen molar-refractivity contribution in [3.63, 3.8) is 0 Å². The van der Waals surface area contributed by atoms with Gasteiger partial charge in [-0.15, -0.1) is 0 Å². The smallest absolute Gasteiger partial charge is 0.331 e. The van der Waals surface area contributed by atoms with Crippen LogP contribution in [0.25, 0.3) is 10.9 Å². The van der Waals surface area contributed by atoms with Gasteiger partial charge in [-0.3, -0.25) is 18.7 Å². The third-order valence-corrected chi connectivity index (χ3v) is 5.36. The first kappa shape index (κ1) is 21.6. The van der Waals surface area contributed by atoms with Crippen molar-refractivity contribution in [2.75, 3.05) is 6.54 Å². The number of hydrogen-bond acceptors (Lipinski definition) is 3. The molecule has 6 nitrogen and oxygen atoms in total. The van der Waals surface area contributed by atoms with Crippen molar-refractivity contribution in [3.05, 3.63) is 80.5 Å². The predicted molar refractivity (Wildman–Crippen MR) is 120 cm³/mol. The van der Waals surface area contributed by atoms with E-state index >= 15 is 0 Å². The largest absolute Gasteiger partial charge is 0.356 e. The Hall–Kier alpha value is -3.15. The highest BCUT2D eigenvalue weighted by Gasteiger charge is 2.14. The summed E-state index contributed by atoms with van der Waals surface area (Å²) in [6, 6.07) is 15.1. The summed E-state index contributed by atoms with van der Waals surface area (Å²) in [5, 5.41) is 3.38. The molecule has 3 aromatic rings. The summed E-state index contributed by atoms with van der Waals surface area (Å²) in [6.07, 6.45) is 2.70. The summed E-state index contributed by atoms with van der Waals surface area (Å²) in [4.78, 5) is 38.1. The molecule has 0 saturated heterocycles. The molecule has 0 bridgehead atoms.